The molecule has 0 aromatic carbocycles. The first-order chi connectivity index (χ1) is 11.9. The maximum atomic E-state index is 12.2. The minimum absolute atomic E-state index is 0.0934. The van der Waals surface area contributed by atoms with Crippen LogP contribution in [0.4, 0.5) is 5.13 Å². The summed E-state index contributed by atoms with van der Waals surface area (Å²) in [5.41, 5.74) is 0.760. The second-order valence-corrected chi connectivity index (χ2v) is 8.60. The van der Waals surface area contributed by atoms with Crippen LogP contribution in [0.25, 0.3) is 4.96 Å². The van der Waals surface area contributed by atoms with Crippen molar-refractivity contribution in [2.75, 3.05) is 25.0 Å². The Hall–Kier alpha value is -1.47. The number of piperidine rings is 1. The van der Waals surface area contributed by atoms with E-state index in [4.69, 9.17) is 0 Å². The third-order valence-electron chi connectivity index (χ3n) is 4.65. The summed E-state index contributed by atoms with van der Waals surface area (Å²) in [5, 5.41) is 8.63. The predicted octanol–water partition coefficient (Wildman–Crippen LogP) is 2.88. The zero-order chi connectivity index (χ0) is 18.0. The lowest BCUT2D eigenvalue weighted by Crippen LogP contribution is -2.43. The van der Waals surface area contributed by atoms with E-state index >= 15 is 0 Å². The van der Waals surface area contributed by atoms with Crippen molar-refractivity contribution in [3.05, 3.63) is 22.1 Å². The lowest BCUT2D eigenvalue weighted by molar-refractivity contribution is 0.138. The Kier molecular flexibility index (Phi) is 5.74. The SMILES string of the molecule is CCCc1cc(=O)n2nc(NC(C)CN3CC(C)CC(C)C3)sc2n1. The predicted molar refractivity (Wildman–Crippen MR) is 104 cm³/mol. The van der Waals surface area contributed by atoms with Crippen molar-refractivity contribution in [3.8, 4) is 0 Å². The fourth-order valence-corrected chi connectivity index (χ4v) is 4.82. The molecular formula is C18H29N5OS. The van der Waals surface area contributed by atoms with Crippen molar-refractivity contribution in [2.45, 2.75) is 53.0 Å². The highest BCUT2D eigenvalue weighted by Gasteiger charge is 2.23. The van der Waals surface area contributed by atoms with E-state index in [1.165, 1.54) is 22.3 Å². The van der Waals surface area contributed by atoms with E-state index in [1.807, 2.05) is 0 Å². The highest BCUT2D eigenvalue weighted by Crippen LogP contribution is 2.22. The molecule has 0 bridgehead atoms. The van der Waals surface area contributed by atoms with Gasteiger partial charge in [-0.1, -0.05) is 38.5 Å². The average Bonchev–Trinajstić information content (AvgIpc) is 2.89. The van der Waals surface area contributed by atoms with E-state index in [-0.39, 0.29) is 11.6 Å². The van der Waals surface area contributed by atoms with Crippen LogP contribution in [0.2, 0.25) is 0 Å². The molecule has 25 heavy (non-hydrogen) atoms. The van der Waals surface area contributed by atoms with Gasteiger partial charge in [-0.05, 0) is 31.6 Å². The first kappa shape index (κ1) is 18.3. The Morgan fingerprint density at radius 1 is 1.36 bits per heavy atom. The van der Waals surface area contributed by atoms with Crippen LogP contribution in [-0.4, -0.2) is 45.2 Å². The summed E-state index contributed by atoms with van der Waals surface area (Å²) >= 11 is 1.45. The molecule has 0 aliphatic carbocycles. The van der Waals surface area contributed by atoms with Gasteiger partial charge in [0.2, 0.25) is 10.1 Å². The number of anilines is 1. The standard InChI is InChI=1S/C18H29N5OS/c1-5-6-15-8-16(24)23-18(20-15)25-17(21-23)19-14(4)11-22-9-12(2)7-13(3)10-22/h8,12-14H,5-7,9-11H2,1-4H3,(H,19,21). The molecule has 0 saturated carbocycles. The highest BCUT2D eigenvalue weighted by molar-refractivity contribution is 7.20. The van der Waals surface area contributed by atoms with E-state index in [0.29, 0.717) is 4.96 Å². The molecule has 2 aromatic rings. The minimum Gasteiger partial charge on any atom is -0.356 e. The first-order valence-electron chi connectivity index (χ1n) is 9.33. The summed E-state index contributed by atoms with van der Waals surface area (Å²) in [7, 11) is 0. The number of hydrogen-bond donors (Lipinski definition) is 1. The molecule has 0 spiro atoms. The largest absolute Gasteiger partial charge is 0.356 e. The van der Waals surface area contributed by atoms with Gasteiger partial charge in [-0.2, -0.15) is 4.52 Å². The number of nitrogens with one attached hydrogen (secondary N) is 1. The maximum Gasteiger partial charge on any atom is 0.275 e. The molecule has 3 atom stereocenters. The van der Waals surface area contributed by atoms with Crippen LogP contribution in [0.15, 0.2) is 10.9 Å². The summed E-state index contributed by atoms with van der Waals surface area (Å²) < 4.78 is 1.41. The van der Waals surface area contributed by atoms with E-state index in [9.17, 15) is 4.79 Å². The van der Waals surface area contributed by atoms with Gasteiger partial charge in [0, 0.05) is 37.4 Å². The molecule has 0 radical (unpaired) electrons. The summed E-state index contributed by atoms with van der Waals surface area (Å²) in [6.07, 6.45) is 3.13. The second kappa shape index (κ2) is 7.83. The number of nitrogens with zero attached hydrogens (tertiary/aromatic N) is 4. The fraction of sp³-hybridized carbons (Fsp3) is 0.722. The van der Waals surface area contributed by atoms with Crippen LogP contribution in [0.1, 0.15) is 46.2 Å². The van der Waals surface area contributed by atoms with Gasteiger partial charge in [0.15, 0.2) is 0 Å². The number of aryl methyl sites for hydroxylation is 1. The zero-order valence-corrected chi connectivity index (χ0v) is 16.5. The van der Waals surface area contributed by atoms with Crippen LogP contribution >= 0.6 is 11.3 Å². The molecule has 0 amide bonds. The van der Waals surface area contributed by atoms with Crippen molar-refractivity contribution < 1.29 is 0 Å². The van der Waals surface area contributed by atoms with E-state index in [1.54, 1.807) is 6.07 Å². The molecule has 1 aliphatic rings. The molecule has 3 rings (SSSR count). The van der Waals surface area contributed by atoms with Gasteiger partial charge in [-0.25, -0.2) is 4.98 Å². The van der Waals surface area contributed by atoms with E-state index < -0.39 is 0 Å². The third-order valence-corrected chi connectivity index (χ3v) is 5.49. The molecule has 1 aliphatic heterocycles. The molecule has 7 heteroatoms. The number of aromatic nitrogens is 3. The Labute approximate surface area is 153 Å². The molecule has 1 N–H and O–H groups in total. The van der Waals surface area contributed by atoms with Gasteiger partial charge in [0.1, 0.15) is 0 Å². The van der Waals surface area contributed by atoms with Crippen molar-refractivity contribution in [1.29, 1.82) is 0 Å². The monoisotopic (exact) mass is 363 g/mol. The number of hydrogen-bond acceptors (Lipinski definition) is 6. The highest BCUT2D eigenvalue weighted by atomic mass is 32.1. The minimum atomic E-state index is -0.0934. The summed E-state index contributed by atoms with van der Waals surface area (Å²) in [4.78, 5) is 20.0. The van der Waals surface area contributed by atoms with Crippen molar-refractivity contribution in [1.82, 2.24) is 19.5 Å². The molecule has 1 fully saturated rings. The molecule has 138 valence electrons. The molecular weight excluding hydrogens is 334 g/mol. The fourth-order valence-electron chi connectivity index (χ4n) is 3.88. The van der Waals surface area contributed by atoms with Crippen molar-refractivity contribution in [3.63, 3.8) is 0 Å². The Balaban J connectivity index is 1.67. The van der Waals surface area contributed by atoms with Gasteiger partial charge in [-0.3, -0.25) is 4.79 Å². The molecule has 1 saturated heterocycles. The normalized spacial score (nSPS) is 23.0. The topological polar surface area (TPSA) is 62.5 Å². The second-order valence-electron chi connectivity index (χ2n) is 7.65. The number of likely N-dealkylation sites (tertiary alicyclic amines) is 1. The lowest BCUT2D eigenvalue weighted by Gasteiger charge is -2.36. The molecule has 3 heterocycles. The van der Waals surface area contributed by atoms with Gasteiger partial charge in [-0.15, -0.1) is 5.10 Å². The number of fused-ring (bicyclic) bond motifs is 1. The molecule has 6 nitrogen and oxygen atoms in total. The summed E-state index contributed by atoms with van der Waals surface area (Å²) in [5.74, 6) is 1.52. The van der Waals surface area contributed by atoms with Gasteiger partial charge in [0.05, 0.1) is 0 Å². The molecule has 2 aromatic heterocycles. The summed E-state index contributed by atoms with van der Waals surface area (Å²) in [6, 6.07) is 1.88. The quantitative estimate of drug-likeness (QED) is 0.855. The van der Waals surface area contributed by atoms with Crippen LogP contribution in [0.3, 0.4) is 0 Å². The zero-order valence-electron chi connectivity index (χ0n) is 15.7. The first-order valence-corrected chi connectivity index (χ1v) is 10.1. The number of rotatable bonds is 6. The smallest absolute Gasteiger partial charge is 0.275 e. The Bertz CT molecular complexity index is 760. The van der Waals surface area contributed by atoms with Gasteiger partial charge in [0.25, 0.3) is 5.56 Å². The van der Waals surface area contributed by atoms with Gasteiger partial charge >= 0.3 is 0 Å². The Morgan fingerprint density at radius 2 is 2.08 bits per heavy atom. The van der Waals surface area contributed by atoms with Crippen molar-refractivity contribution in [2.24, 2.45) is 11.8 Å². The lowest BCUT2D eigenvalue weighted by atomic mass is 9.92. The van der Waals surface area contributed by atoms with Crippen LogP contribution in [0.5, 0.6) is 0 Å². The van der Waals surface area contributed by atoms with Crippen molar-refractivity contribution >= 4 is 21.4 Å². The van der Waals surface area contributed by atoms with E-state index in [2.05, 4.69) is 48.0 Å². The molecule has 3 unspecified atom stereocenters. The van der Waals surface area contributed by atoms with Crippen LogP contribution in [0, 0.1) is 11.8 Å². The average molecular weight is 364 g/mol. The van der Waals surface area contributed by atoms with Gasteiger partial charge < -0.3 is 10.2 Å². The van der Waals surface area contributed by atoms with Crippen LogP contribution < -0.4 is 10.9 Å². The summed E-state index contributed by atoms with van der Waals surface area (Å²) in [6.45, 7) is 12.3. The maximum absolute atomic E-state index is 12.2. The van der Waals surface area contributed by atoms with Crippen LogP contribution in [-0.2, 0) is 6.42 Å². The van der Waals surface area contributed by atoms with E-state index in [0.717, 1.165) is 55.1 Å². The Morgan fingerprint density at radius 3 is 2.76 bits per heavy atom. The third kappa shape index (κ3) is 4.58.